The van der Waals surface area contributed by atoms with Gasteiger partial charge in [-0.15, -0.1) is 0 Å². The molecule has 1 aromatic heterocycles. The molecule has 6 heteroatoms. The number of hydrogen-bond acceptors (Lipinski definition) is 4. The van der Waals surface area contributed by atoms with Gasteiger partial charge in [0.15, 0.2) is 5.69 Å². The van der Waals surface area contributed by atoms with Crippen molar-refractivity contribution in [1.82, 2.24) is 20.0 Å². The number of ether oxygens (including phenoxy) is 1. The number of benzene rings is 1. The second kappa shape index (κ2) is 8.75. The molecule has 1 fully saturated rings. The molecule has 0 saturated carbocycles. The lowest BCUT2D eigenvalue weighted by Gasteiger charge is -2.29. The van der Waals surface area contributed by atoms with Gasteiger partial charge in [0.1, 0.15) is 0 Å². The minimum absolute atomic E-state index is 0.0796. The van der Waals surface area contributed by atoms with Gasteiger partial charge in [-0.05, 0) is 49.1 Å². The van der Waals surface area contributed by atoms with Gasteiger partial charge >= 0.3 is 0 Å². The van der Waals surface area contributed by atoms with Crippen molar-refractivity contribution in [3.8, 4) is 0 Å². The first-order valence-electron chi connectivity index (χ1n) is 11.9. The fraction of sp³-hybridized carbons (Fsp3) is 0.600. The smallest absolute Gasteiger partial charge is 0.274 e. The molecule has 1 atom stereocenters. The van der Waals surface area contributed by atoms with Crippen molar-refractivity contribution in [1.29, 1.82) is 0 Å². The predicted octanol–water partition coefficient (Wildman–Crippen LogP) is 2.63. The predicted molar refractivity (Wildman–Crippen MR) is 120 cm³/mol. The van der Waals surface area contributed by atoms with Crippen LogP contribution in [-0.4, -0.2) is 59.0 Å². The number of aromatic nitrogens is 2. The van der Waals surface area contributed by atoms with Gasteiger partial charge < -0.3 is 15.0 Å². The van der Waals surface area contributed by atoms with Gasteiger partial charge in [-0.2, -0.15) is 5.10 Å². The van der Waals surface area contributed by atoms with Crippen molar-refractivity contribution >= 4 is 5.91 Å². The van der Waals surface area contributed by atoms with E-state index in [2.05, 4.69) is 48.1 Å². The van der Waals surface area contributed by atoms with Crippen molar-refractivity contribution in [2.24, 2.45) is 5.92 Å². The van der Waals surface area contributed by atoms with Crippen molar-refractivity contribution in [2.75, 3.05) is 26.3 Å². The van der Waals surface area contributed by atoms with Crippen molar-refractivity contribution < 1.29 is 9.53 Å². The summed E-state index contributed by atoms with van der Waals surface area (Å²) in [5, 5.41) is 8.78. The molecule has 6 nitrogen and oxygen atoms in total. The number of morpholine rings is 1. The van der Waals surface area contributed by atoms with Crippen LogP contribution in [0.15, 0.2) is 24.3 Å². The standard InChI is InChI=1S/C25H34N4O2/c1-17(2)16-29-23-8-7-20(26-21-13-18-5-3-4-6-19(18)14-21)15-22(23)24(27-29)25(30)28-9-11-31-12-10-28/h3-6,17,20-21,26H,7-16H2,1-2H3/t20-/m1/s1. The van der Waals surface area contributed by atoms with Gasteiger partial charge in [0.2, 0.25) is 0 Å². The zero-order chi connectivity index (χ0) is 21.4. The minimum Gasteiger partial charge on any atom is -0.378 e. The number of nitrogens with zero attached hydrogens (tertiary/aromatic N) is 3. The molecule has 0 unspecified atom stereocenters. The lowest BCUT2D eigenvalue weighted by Crippen LogP contribution is -2.43. The Kier molecular flexibility index (Phi) is 5.85. The summed E-state index contributed by atoms with van der Waals surface area (Å²) in [4.78, 5) is 15.3. The Morgan fingerprint density at radius 1 is 1.13 bits per heavy atom. The Labute approximate surface area is 185 Å². The zero-order valence-electron chi connectivity index (χ0n) is 18.8. The van der Waals surface area contributed by atoms with Gasteiger partial charge in [-0.3, -0.25) is 9.48 Å². The highest BCUT2D eigenvalue weighted by Gasteiger charge is 2.33. The fourth-order valence-corrected chi connectivity index (χ4v) is 5.42. The molecular formula is C25H34N4O2. The second-order valence-electron chi connectivity index (χ2n) is 9.73. The van der Waals surface area contributed by atoms with E-state index in [1.165, 1.54) is 22.4 Å². The summed E-state index contributed by atoms with van der Waals surface area (Å²) in [7, 11) is 0. The Hall–Kier alpha value is -2.18. The third kappa shape index (κ3) is 4.28. The van der Waals surface area contributed by atoms with Gasteiger partial charge in [0.05, 0.1) is 13.2 Å². The minimum atomic E-state index is 0.0796. The van der Waals surface area contributed by atoms with Gasteiger partial charge in [-0.1, -0.05) is 38.1 Å². The Balaban J connectivity index is 1.35. The van der Waals surface area contributed by atoms with Crippen LogP contribution in [0, 0.1) is 5.92 Å². The maximum atomic E-state index is 13.3. The highest BCUT2D eigenvalue weighted by molar-refractivity contribution is 5.94. The van der Waals surface area contributed by atoms with Crippen LogP contribution in [0.5, 0.6) is 0 Å². The first-order valence-corrected chi connectivity index (χ1v) is 11.9. The maximum Gasteiger partial charge on any atom is 0.274 e. The number of amides is 1. The average molecular weight is 423 g/mol. The van der Waals surface area contributed by atoms with Gasteiger partial charge in [-0.25, -0.2) is 0 Å². The number of fused-ring (bicyclic) bond motifs is 2. The molecule has 166 valence electrons. The molecule has 5 rings (SSSR count). The van der Waals surface area contributed by atoms with E-state index in [0.29, 0.717) is 50.0 Å². The molecule has 2 aromatic rings. The summed E-state index contributed by atoms with van der Waals surface area (Å²) in [6.45, 7) is 7.85. The highest BCUT2D eigenvalue weighted by Crippen LogP contribution is 2.29. The van der Waals surface area contributed by atoms with E-state index in [4.69, 9.17) is 9.84 Å². The van der Waals surface area contributed by atoms with E-state index in [0.717, 1.165) is 38.6 Å². The summed E-state index contributed by atoms with van der Waals surface area (Å²) in [6, 6.07) is 9.69. The lowest BCUT2D eigenvalue weighted by atomic mass is 9.90. The first kappa shape index (κ1) is 20.7. The molecular weight excluding hydrogens is 388 g/mol. The monoisotopic (exact) mass is 422 g/mol. The molecule has 0 spiro atoms. The molecule has 2 aliphatic carbocycles. The van der Waals surface area contributed by atoms with Crippen molar-refractivity contribution in [3.05, 3.63) is 52.3 Å². The van der Waals surface area contributed by atoms with E-state index >= 15 is 0 Å². The van der Waals surface area contributed by atoms with Gasteiger partial charge in [0, 0.05) is 43.0 Å². The number of carbonyl (C=O) groups excluding carboxylic acids is 1. The van der Waals surface area contributed by atoms with E-state index in [9.17, 15) is 4.79 Å². The summed E-state index contributed by atoms with van der Waals surface area (Å²) in [5.41, 5.74) is 6.09. The van der Waals surface area contributed by atoms with Crippen LogP contribution >= 0.6 is 0 Å². The molecule has 2 heterocycles. The normalized spacial score (nSPS) is 21.4. The summed E-state index contributed by atoms with van der Waals surface area (Å²) in [5.74, 6) is 0.583. The molecule has 1 aliphatic heterocycles. The zero-order valence-corrected chi connectivity index (χ0v) is 18.8. The summed E-state index contributed by atoms with van der Waals surface area (Å²) >= 11 is 0. The molecule has 1 aromatic carbocycles. The molecule has 3 aliphatic rings. The van der Waals surface area contributed by atoms with E-state index in [1.54, 1.807) is 0 Å². The van der Waals surface area contributed by atoms with E-state index in [-0.39, 0.29) is 5.91 Å². The van der Waals surface area contributed by atoms with Crippen LogP contribution in [0.4, 0.5) is 0 Å². The number of hydrogen-bond donors (Lipinski definition) is 1. The van der Waals surface area contributed by atoms with Crippen LogP contribution in [0.25, 0.3) is 0 Å². The number of carbonyl (C=O) groups is 1. The Morgan fingerprint density at radius 2 is 1.84 bits per heavy atom. The van der Waals surface area contributed by atoms with Crippen LogP contribution in [-0.2, 0) is 37.0 Å². The van der Waals surface area contributed by atoms with E-state index < -0.39 is 0 Å². The molecule has 1 amide bonds. The van der Waals surface area contributed by atoms with Gasteiger partial charge in [0.25, 0.3) is 5.91 Å². The topological polar surface area (TPSA) is 59.4 Å². The molecule has 1 N–H and O–H groups in total. The fourth-order valence-electron chi connectivity index (χ4n) is 5.42. The van der Waals surface area contributed by atoms with Crippen LogP contribution in [0.3, 0.4) is 0 Å². The third-order valence-electron chi connectivity index (χ3n) is 6.91. The SMILES string of the molecule is CC(C)Cn1nc(C(=O)N2CCOCC2)c2c1CC[C@@H](NC1Cc3ccccc3C1)C2. The molecule has 31 heavy (non-hydrogen) atoms. The Morgan fingerprint density at radius 3 is 2.52 bits per heavy atom. The lowest BCUT2D eigenvalue weighted by molar-refractivity contribution is 0.0297. The molecule has 0 bridgehead atoms. The van der Waals surface area contributed by atoms with Crippen molar-refractivity contribution in [2.45, 2.75) is 64.6 Å². The Bertz CT molecular complexity index is 920. The highest BCUT2D eigenvalue weighted by atomic mass is 16.5. The largest absolute Gasteiger partial charge is 0.378 e. The molecule has 1 saturated heterocycles. The first-order chi connectivity index (χ1) is 15.1. The van der Waals surface area contributed by atoms with Crippen molar-refractivity contribution in [3.63, 3.8) is 0 Å². The molecule has 0 radical (unpaired) electrons. The maximum absolute atomic E-state index is 13.3. The number of rotatable bonds is 5. The van der Waals surface area contributed by atoms with Crippen LogP contribution in [0.1, 0.15) is 53.1 Å². The van der Waals surface area contributed by atoms with E-state index in [1.807, 2.05) is 4.90 Å². The number of nitrogens with one attached hydrogen (secondary N) is 1. The summed E-state index contributed by atoms with van der Waals surface area (Å²) < 4.78 is 7.57. The quantitative estimate of drug-likeness (QED) is 0.805. The summed E-state index contributed by atoms with van der Waals surface area (Å²) in [6.07, 6.45) is 5.20. The average Bonchev–Trinajstić information content (AvgIpc) is 3.34. The van der Waals surface area contributed by atoms with Crippen LogP contribution < -0.4 is 5.32 Å². The second-order valence-corrected chi connectivity index (χ2v) is 9.73. The van der Waals surface area contributed by atoms with Crippen LogP contribution in [0.2, 0.25) is 0 Å². The third-order valence-corrected chi connectivity index (χ3v) is 6.91.